The largest absolute Gasteiger partial charge is 0.489 e. The summed E-state index contributed by atoms with van der Waals surface area (Å²) in [6.45, 7) is 4.06. The van der Waals surface area contributed by atoms with Gasteiger partial charge in [-0.1, -0.05) is 41.1 Å². The van der Waals surface area contributed by atoms with E-state index >= 15 is 0 Å². The standard InChI is InChI=1S/C23H20BrFN4O3/c1-14-7-9-17(10-8-14)31-13-18-15(2)32-28-21(18)23(30)26-22-19(24)12-29(27-22)11-16-5-3-4-6-20(16)25/h3-10,12H,11,13H2,1-2H3,(H,26,27,30). The molecule has 4 rings (SSSR count). The van der Waals surface area contributed by atoms with Gasteiger partial charge in [0.25, 0.3) is 5.91 Å². The maximum absolute atomic E-state index is 13.9. The number of hydrogen-bond acceptors (Lipinski definition) is 5. The molecular formula is C23H20BrFN4O3. The summed E-state index contributed by atoms with van der Waals surface area (Å²) in [5, 5.41) is 10.9. The van der Waals surface area contributed by atoms with Crippen LogP contribution in [0.2, 0.25) is 0 Å². The third-order valence-electron chi connectivity index (χ3n) is 4.84. The van der Waals surface area contributed by atoms with Gasteiger partial charge < -0.3 is 14.6 Å². The van der Waals surface area contributed by atoms with Crippen LogP contribution in [-0.4, -0.2) is 20.8 Å². The Hall–Kier alpha value is -3.46. The normalized spacial score (nSPS) is 10.9. The molecule has 0 spiro atoms. The molecule has 2 aromatic carbocycles. The summed E-state index contributed by atoms with van der Waals surface area (Å²) in [5.41, 5.74) is 2.27. The maximum Gasteiger partial charge on any atom is 0.279 e. The van der Waals surface area contributed by atoms with Gasteiger partial charge in [-0.05, 0) is 48.0 Å². The molecule has 1 amide bonds. The molecule has 4 aromatic rings. The van der Waals surface area contributed by atoms with Crippen molar-refractivity contribution in [2.24, 2.45) is 0 Å². The number of hydrogen-bond donors (Lipinski definition) is 1. The summed E-state index contributed by atoms with van der Waals surface area (Å²) in [6.07, 6.45) is 1.66. The minimum absolute atomic E-state index is 0.116. The van der Waals surface area contributed by atoms with Crippen molar-refractivity contribution in [2.45, 2.75) is 27.0 Å². The van der Waals surface area contributed by atoms with Crippen LogP contribution >= 0.6 is 15.9 Å². The van der Waals surface area contributed by atoms with E-state index in [0.717, 1.165) is 5.56 Å². The van der Waals surface area contributed by atoms with Crippen LogP contribution in [-0.2, 0) is 13.2 Å². The second kappa shape index (κ2) is 9.35. The Kier molecular flexibility index (Phi) is 6.36. The number of benzene rings is 2. The van der Waals surface area contributed by atoms with E-state index in [-0.39, 0.29) is 30.5 Å². The minimum atomic E-state index is -0.485. The van der Waals surface area contributed by atoms with Gasteiger partial charge in [-0.2, -0.15) is 5.10 Å². The smallest absolute Gasteiger partial charge is 0.279 e. The molecule has 0 saturated heterocycles. The van der Waals surface area contributed by atoms with Gasteiger partial charge in [-0.3, -0.25) is 9.48 Å². The Bertz CT molecular complexity index is 1250. The lowest BCUT2D eigenvalue weighted by atomic mass is 10.2. The lowest BCUT2D eigenvalue weighted by Crippen LogP contribution is -2.16. The molecule has 0 aliphatic heterocycles. The van der Waals surface area contributed by atoms with Gasteiger partial charge in [0.1, 0.15) is 23.9 Å². The predicted molar refractivity (Wildman–Crippen MR) is 120 cm³/mol. The molecular weight excluding hydrogens is 479 g/mol. The van der Waals surface area contributed by atoms with E-state index in [1.165, 1.54) is 10.7 Å². The molecule has 0 aliphatic rings. The van der Waals surface area contributed by atoms with Gasteiger partial charge >= 0.3 is 0 Å². The summed E-state index contributed by atoms with van der Waals surface area (Å²) < 4.78 is 27.0. The number of nitrogens with zero attached hydrogens (tertiary/aromatic N) is 3. The fourth-order valence-corrected chi connectivity index (χ4v) is 3.47. The van der Waals surface area contributed by atoms with Crippen molar-refractivity contribution in [1.82, 2.24) is 14.9 Å². The van der Waals surface area contributed by atoms with E-state index in [0.29, 0.717) is 27.1 Å². The van der Waals surface area contributed by atoms with E-state index in [4.69, 9.17) is 9.26 Å². The van der Waals surface area contributed by atoms with Gasteiger partial charge in [-0.25, -0.2) is 4.39 Å². The highest BCUT2D eigenvalue weighted by Gasteiger charge is 2.22. The first-order valence-corrected chi connectivity index (χ1v) is 10.6. The van der Waals surface area contributed by atoms with E-state index in [9.17, 15) is 9.18 Å². The van der Waals surface area contributed by atoms with E-state index in [1.807, 2.05) is 31.2 Å². The molecule has 0 aliphatic carbocycles. The fourth-order valence-electron chi connectivity index (χ4n) is 3.06. The van der Waals surface area contributed by atoms with Crippen molar-refractivity contribution < 1.29 is 18.4 Å². The van der Waals surface area contributed by atoms with Crippen LogP contribution in [0.1, 0.15) is 32.9 Å². The van der Waals surface area contributed by atoms with E-state index < -0.39 is 5.91 Å². The summed E-state index contributed by atoms with van der Waals surface area (Å²) in [6, 6.07) is 14.1. The van der Waals surface area contributed by atoms with Crippen LogP contribution in [0.4, 0.5) is 10.2 Å². The molecule has 1 N–H and O–H groups in total. The average molecular weight is 499 g/mol. The third kappa shape index (κ3) is 4.88. The number of anilines is 1. The minimum Gasteiger partial charge on any atom is -0.489 e. The van der Waals surface area contributed by atoms with E-state index in [2.05, 4.69) is 31.5 Å². The Balaban J connectivity index is 1.47. The topological polar surface area (TPSA) is 82.2 Å². The number of halogens is 2. The molecule has 0 unspecified atom stereocenters. The molecule has 32 heavy (non-hydrogen) atoms. The van der Waals surface area contributed by atoms with Crippen molar-refractivity contribution in [1.29, 1.82) is 0 Å². The molecule has 9 heteroatoms. The second-order valence-corrected chi connectivity index (χ2v) is 8.09. The highest BCUT2D eigenvalue weighted by Crippen LogP contribution is 2.24. The van der Waals surface area contributed by atoms with Crippen molar-refractivity contribution in [3.05, 3.63) is 93.2 Å². The Morgan fingerprint density at radius 2 is 1.94 bits per heavy atom. The first-order valence-electron chi connectivity index (χ1n) is 9.83. The van der Waals surface area contributed by atoms with E-state index in [1.54, 1.807) is 31.3 Å². The number of rotatable bonds is 7. The molecule has 0 bridgehead atoms. The predicted octanol–water partition coefficient (Wildman–Crippen LogP) is 5.27. The maximum atomic E-state index is 13.9. The lowest BCUT2D eigenvalue weighted by Gasteiger charge is -2.07. The Morgan fingerprint density at radius 1 is 1.19 bits per heavy atom. The number of aryl methyl sites for hydroxylation is 2. The zero-order valence-electron chi connectivity index (χ0n) is 17.4. The summed E-state index contributed by atoms with van der Waals surface area (Å²) >= 11 is 3.38. The van der Waals surface area contributed by atoms with Crippen LogP contribution in [0.5, 0.6) is 5.75 Å². The first kappa shape index (κ1) is 21.8. The van der Waals surface area contributed by atoms with Crippen molar-refractivity contribution in [3.63, 3.8) is 0 Å². The van der Waals surface area contributed by atoms with Crippen LogP contribution in [0, 0.1) is 19.7 Å². The number of ether oxygens (including phenoxy) is 1. The zero-order valence-corrected chi connectivity index (χ0v) is 19.0. The third-order valence-corrected chi connectivity index (χ3v) is 5.42. The average Bonchev–Trinajstić information content (AvgIpc) is 3.31. The highest BCUT2D eigenvalue weighted by molar-refractivity contribution is 9.10. The number of amides is 1. The molecule has 0 fully saturated rings. The molecule has 2 aromatic heterocycles. The summed E-state index contributed by atoms with van der Waals surface area (Å²) in [4.78, 5) is 12.9. The fraction of sp³-hybridized carbons (Fsp3) is 0.174. The van der Waals surface area contributed by atoms with Gasteiger partial charge in [0.15, 0.2) is 11.5 Å². The molecule has 2 heterocycles. The number of carbonyl (C=O) groups is 1. The molecule has 164 valence electrons. The zero-order chi connectivity index (χ0) is 22.7. The Labute approximate surface area is 192 Å². The quantitative estimate of drug-likeness (QED) is 0.375. The molecule has 7 nitrogen and oxygen atoms in total. The first-order chi connectivity index (χ1) is 15.4. The number of carbonyl (C=O) groups excluding carboxylic acids is 1. The number of aromatic nitrogens is 3. The Morgan fingerprint density at radius 3 is 2.69 bits per heavy atom. The molecule has 0 radical (unpaired) electrons. The lowest BCUT2D eigenvalue weighted by molar-refractivity contribution is 0.101. The van der Waals surface area contributed by atoms with Crippen molar-refractivity contribution >= 4 is 27.7 Å². The van der Waals surface area contributed by atoms with Crippen molar-refractivity contribution in [3.8, 4) is 5.75 Å². The monoisotopic (exact) mass is 498 g/mol. The summed E-state index contributed by atoms with van der Waals surface area (Å²) in [7, 11) is 0. The van der Waals surface area contributed by atoms with Gasteiger partial charge in [-0.15, -0.1) is 0 Å². The van der Waals surface area contributed by atoms with Crippen LogP contribution in [0.3, 0.4) is 0 Å². The van der Waals surface area contributed by atoms with Crippen LogP contribution < -0.4 is 10.1 Å². The van der Waals surface area contributed by atoms with Crippen LogP contribution in [0.25, 0.3) is 0 Å². The number of nitrogens with one attached hydrogen (secondary N) is 1. The molecule has 0 atom stereocenters. The summed E-state index contributed by atoms with van der Waals surface area (Å²) in [5.74, 6) is 0.656. The highest BCUT2D eigenvalue weighted by atomic mass is 79.9. The SMILES string of the molecule is Cc1ccc(OCc2c(C(=O)Nc3nn(Cc4ccccc4F)cc3Br)noc2C)cc1. The molecule has 0 saturated carbocycles. The van der Waals surface area contributed by atoms with Crippen LogP contribution in [0.15, 0.2) is 63.7 Å². The van der Waals surface area contributed by atoms with Gasteiger partial charge in [0.2, 0.25) is 0 Å². The second-order valence-electron chi connectivity index (χ2n) is 7.24. The van der Waals surface area contributed by atoms with Crippen molar-refractivity contribution in [2.75, 3.05) is 5.32 Å². The van der Waals surface area contributed by atoms with Gasteiger partial charge in [0.05, 0.1) is 16.6 Å². The van der Waals surface area contributed by atoms with Gasteiger partial charge in [0, 0.05) is 11.8 Å².